The second kappa shape index (κ2) is 16.9. The van der Waals surface area contributed by atoms with Crippen LogP contribution in [-0.2, 0) is 9.59 Å². The third kappa shape index (κ3) is 18.8. The molecule has 0 aromatic heterocycles. The summed E-state index contributed by atoms with van der Waals surface area (Å²) in [6.07, 6.45) is 11.7. The molecule has 0 aromatic carbocycles. The summed E-state index contributed by atoms with van der Waals surface area (Å²) in [7, 11) is 0. The molecule has 0 bridgehead atoms. The molecular weight excluding hydrogens is 324 g/mol. The van der Waals surface area contributed by atoms with Gasteiger partial charge in [-0.2, -0.15) is 0 Å². The first-order chi connectivity index (χ1) is 12.4. The highest BCUT2D eigenvalue weighted by molar-refractivity contribution is 5.75. The van der Waals surface area contributed by atoms with Gasteiger partial charge in [0.2, 0.25) is 5.91 Å². The monoisotopic (exact) mass is 364 g/mol. The Bertz CT molecular complexity index is 390. The Hall–Kier alpha value is -1.58. The highest BCUT2D eigenvalue weighted by atomic mass is 16.1. The highest BCUT2D eigenvalue weighted by Crippen LogP contribution is 2.07. The zero-order chi connectivity index (χ0) is 19.6. The van der Waals surface area contributed by atoms with Crippen LogP contribution in [0.5, 0.6) is 0 Å². The van der Waals surface area contributed by atoms with E-state index in [1.807, 2.05) is 0 Å². The molecule has 0 unspecified atom stereocenters. The molecule has 2 N–H and O–H groups in total. The molecule has 150 valence electrons. The quantitative estimate of drug-likeness (QED) is 0.264. The van der Waals surface area contributed by atoms with Gasteiger partial charge in [0, 0.05) is 31.6 Å². The molecule has 0 radical (unpaired) electrons. The van der Waals surface area contributed by atoms with Gasteiger partial charge < -0.3 is 15.4 Å². The SMILES string of the molecule is C=C(C)CCCCCNC(=O)CCCCC(=C)NCCCCCC(C)=O. The van der Waals surface area contributed by atoms with Gasteiger partial charge in [0.25, 0.3) is 0 Å². The lowest BCUT2D eigenvalue weighted by atomic mass is 10.1. The van der Waals surface area contributed by atoms with Gasteiger partial charge in [0.05, 0.1) is 0 Å². The zero-order valence-corrected chi connectivity index (χ0v) is 17.1. The van der Waals surface area contributed by atoms with Crippen molar-refractivity contribution in [1.29, 1.82) is 0 Å². The molecule has 0 aliphatic heterocycles. The van der Waals surface area contributed by atoms with Crippen molar-refractivity contribution in [3.63, 3.8) is 0 Å². The first-order valence-electron chi connectivity index (χ1n) is 10.2. The van der Waals surface area contributed by atoms with E-state index in [4.69, 9.17) is 0 Å². The highest BCUT2D eigenvalue weighted by Gasteiger charge is 2.01. The van der Waals surface area contributed by atoms with Crippen LogP contribution >= 0.6 is 0 Å². The standard InChI is InChI=1S/C22H40N2O2/c1-19(2)13-7-5-12-18-24-22(26)16-10-9-14-20(3)23-17-11-6-8-15-21(4)25/h23H,1,3,5-18H2,2,4H3,(H,24,26). The molecule has 0 aromatic rings. The van der Waals surface area contributed by atoms with Crippen molar-refractivity contribution in [2.45, 2.75) is 90.9 Å². The molecule has 0 saturated heterocycles. The minimum atomic E-state index is 0.161. The number of unbranched alkanes of at least 4 members (excludes halogenated alkanes) is 5. The first kappa shape index (κ1) is 24.4. The van der Waals surface area contributed by atoms with Crippen LogP contribution in [-0.4, -0.2) is 24.8 Å². The van der Waals surface area contributed by atoms with Crippen molar-refractivity contribution in [2.75, 3.05) is 13.1 Å². The number of carbonyl (C=O) groups excluding carboxylic acids is 2. The van der Waals surface area contributed by atoms with Gasteiger partial charge in [-0.25, -0.2) is 0 Å². The van der Waals surface area contributed by atoms with E-state index < -0.39 is 0 Å². The van der Waals surface area contributed by atoms with Gasteiger partial charge in [-0.1, -0.05) is 25.0 Å². The van der Waals surface area contributed by atoms with Crippen LogP contribution in [0, 0.1) is 0 Å². The van der Waals surface area contributed by atoms with Gasteiger partial charge in [-0.3, -0.25) is 4.79 Å². The molecule has 1 amide bonds. The predicted molar refractivity (Wildman–Crippen MR) is 111 cm³/mol. The summed E-state index contributed by atoms with van der Waals surface area (Å²) >= 11 is 0. The number of ketones is 1. The lowest BCUT2D eigenvalue weighted by Crippen LogP contribution is -2.24. The number of hydrogen-bond acceptors (Lipinski definition) is 3. The van der Waals surface area contributed by atoms with E-state index in [1.54, 1.807) is 6.92 Å². The molecule has 0 saturated carbocycles. The minimum absolute atomic E-state index is 0.161. The van der Waals surface area contributed by atoms with Crippen molar-refractivity contribution in [3.8, 4) is 0 Å². The summed E-state index contributed by atoms with van der Waals surface area (Å²) in [6.45, 7) is 13.3. The van der Waals surface area contributed by atoms with E-state index in [9.17, 15) is 9.59 Å². The maximum absolute atomic E-state index is 11.8. The molecular formula is C22H40N2O2. The molecule has 26 heavy (non-hydrogen) atoms. The Morgan fingerprint density at radius 1 is 0.654 bits per heavy atom. The van der Waals surface area contributed by atoms with Gasteiger partial charge in [-0.05, 0) is 65.2 Å². The summed E-state index contributed by atoms with van der Waals surface area (Å²) in [5.41, 5.74) is 2.28. The van der Waals surface area contributed by atoms with E-state index in [0.717, 1.165) is 83.0 Å². The summed E-state index contributed by atoms with van der Waals surface area (Å²) in [6, 6.07) is 0. The smallest absolute Gasteiger partial charge is 0.219 e. The van der Waals surface area contributed by atoms with E-state index in [2.05, 4.69) is 30.7 Å². The lowest BCUT2D eigenvalue weighted by Gasteiger charge is -2.09. The number of amides is 1. The summed E-state index contributed by atoms with van der Waals surface area (Å²) < 4.78 is 0. The van der Waals surface area contributed by atoms with E-state index in [-0.39, 0.29) is 11.7 Å². The third-order valence-corrected chi connectivity index (χ3v) is 4.32. The van der Waals surface area contributed by atoms with Crippen LogP contribution in [0.15, 0.2) is 24.4 Å². The maximum atomic E-state index is 11.8. The average molecular weight is 365 g/mol. The number of allylic oxidation sites excluding steroid dienone is 2. The second-order valence-corrected chi connectivity index (χ2v) is 7.37. The average Bonchev–Trinajstić information content (AvgIpc) is 2.57. The van der Waals surface area contributed by atoms with Crippen LogP contribution in [0.3, 0.4) is 0 Å². The first-order valence-corrected chi connectivity index (χ1v) is 10.2. The number of nitrogens with one attached hydrogen (secondary N) is 2. The van der Waals surface area contributed by atoms with Crippen LogP contribution < -0.4 is 10.6 Å². The topological polar surface area (TPSA) is 58.2 Å². The normalized spacial score (nSPS) is 10.4. The second-order valence-electron chi connectivity index (χ2n) is 7.37. The molecule has 0 fully saturated rings. The summed E-state index contributed by atoms with van der Waals surface area (Å²) in [4.78, 5) is 22.6. The van der Waals surface area contributed by atoms with Gasteiger partial charge >= 0.3 is 0 Å². The van der Waals surface area contributed by atoms with Crippen LogP contribution in [0.4, 0.5) is 0 Å². The fourth-order valence-electron chi connectivity index (χ4n) is 2.70. The van der Waals surface area contributed by atoms with Gasteiger partial charge in [0.1, 0.15) is 5.78 Å². The van der Waals surface area contributed by atoms with Crippen molar-refractivity contribution in [3.05, 3.63) is 24.4 Å². The van der Waals surface area contributed by atoms with Gasteiger partial charge in [-0.15, -0.1) is 6.58 Å². The van der Waals surface area contributed by atoms with Crippen molar-refractivity contribution in [2.24, 2.45) is 0 Å². The van der Waals surface area contributed by atoms with Crippen molar-refractivity contribution in [1.82, 2.24) is 10.6 Å². The number of carbonyl (C=O) groups is 2. The lowest BCUT2D eigenvalue weighted by molar-refractivity contribution is -0.121. The number of Topliss-reactive ketones (excluding diaryl/α,β-unsaturated/α-hetero) is 1. The molecule has 0 aliphatic carbocycles. The van der Waals surface area contributed by atoms with Crippen molar-refractivity contribution >= 4 is 11.7 Å². The van der Waals surface area contributed by atoms with Crippen LogP contribution in [0.25, 0.3) is 0 Å². The Morgan fingerprint density at radius 3 is 1.81 bits per heavy atom. The molecule has 0 aliphatic rings. The molecule has 0 spiro atoms. The Balaban J connectivity index is 3.38. The zero-order valence-electron chi connectivity index (χ0n) is 17.1. The molecule has 4 nitrogen and oxygen atoms in total. The molecule has 4 heteroatoms. The number of rotatable bonds is 18. The van der Waals surface area contributed by atoms with E-state index in [0.29, 0.717) is 12.8 Å². The predicted octanol–water partition coefficient (Wildman–Crippen LogP) is 5.05. The molecule has 0 atom stereocenters. The third-order valence-electron chi connectivity index (χ3n) is 4.32. The maximum Gasteiger partial charge on any atom is 0.219 e. The van der Waals surface area contributed by atoms with Gasteiger partial charge in [0.15, 0.2) is 0 Å². The summed E-state index contributed by atoms with van der Waals surface area (Å²) in [5, 5.41) is 6.33. The van der Waals surface area contributed by atoms with Crippen molar-refractivity contribution < 1.29 is 9.59 Å². The van der Waals surface area contributed by atoms with Crippen LogP contribution in [0.1, 0.15) is 90.9 Å². The van der Waals surface area contributed by atoms with Crippen LogP contribution in [0.2, 0.25) is 0 Å². The fraction of sp³-hybridized carbons (Fsp3) is 0.727. The number of hydrogen-bond donors (Lipinski definition) is 2. The molecule has 0 heterocycles. The van der Waals surface area contributed by atoms with E-state index >= 15 is 0 Å². The fourth-order valence-corrected chi connectivity index (χ4v) is 2.70. The largest absolute Gasteiger partial charge is 0.389 e. The Morgan fingerprint density at radius 2 is 1.19 bits per heavy atom. The summed E-state index contributed by atoms with van der Waals surface area (Å²) in [5.74, 6) is 0.433. The molecule has 0 rings (SSSR count). The Kier molecular flexibility index (Phi) is 15.8. The Labute approximate surface area is 160 Å². The van der Waals surface area contributed by atoms with E-state index in [1.165, 1.54) is 5.57 Å². The minimum Gasteiger partial charge on any atom is -0.389 e.